The number of unbranched alkanes of at least 4 members (excludes halogenated alkanes) is 1. The molecule has 0 aliphatic carbocycles. The fraction of sp³-hybridized carbons (Fsp3) is 0.621. The molecule has 2 fully saturated rings. The molecule has 2 saturated heterocycles. The Labute approximate surface area is 235 Å². The molecule has 0 saturated carbocycles. The summed E-state index contributed by atoms with van der Waals surface area (Å²) in [5.41, 5.74) is -0.271. The molecule has 3 heterocycles. The van der Waals surface area contributed by atoms with Gasteiger partial charge in [0.2, 0.25) is 0 Å². The van der Waals surface area contributed by atoms with Gasteiger partial charge in [-0.1, -0.05) is 39.0 Å². The van der Waals surface area contributed by atoms with Crippen LogP contribution < -0.4 is 15.1 Å². The molecule has 0 spiro atoms. The van der Waals surface area contributed by atoms with Gasteiger partial charge in [0.25, 0.3) is 0 Å². The van der Waals surface area contributed by atoms with Gasteiger partial charge < -0.3 is 20.0 Å². The average molecular weight is 562 g/mol. The van der Waals surface area contributed by atoms with Gasteiger partial charge in [0.15, 0.2) is 0 Å². The number of hydrogen-bond acceptors (Lipinski definition) is 6. The third-order valence-corrected chi connectivity index (χ3v) is 7.45. The molecule has 0 unspecified atom stereocenters. The predicted molar refractivity (Wildman–Crippen MR) is 152 cm³/mol. The number of rotatable bonds is 7. The van der Waals surface area contributed by atoms with Gasteiger partial charge in [0, 0.05) is 76.1 Å². The van der Waals surface area contributed by atoms with E-state index in [9.17, 15) is 18.0 Å². The molecule has 2 aliphatic heterocycles. The number of nitrogens with one attached hydrogen (secondary N) is 1. The molecule has 2 amide bonds. The van der Waals surface area contributed by atoms with Gasteiger partial charge >= 0.3 is 12.2 Å². The van der Waals surface area contributed by atoms with Crippen molar-refractivity contribution in [3.05, 3.63) is 47.9 Å². The first-order valence-electron chi connectivity index (χ1n) is 14.3. The summed E-state index contributed by atoms with van der Waals surface area (Å²) in [6.07, 6.45) is -1.74. The van der Waals surface area contributed by atoms with Crippen LogP contribution in [0.5, 0.6) is 0 Å². The zero-order valence-electron chi connectivity index (χ0n) is 23.9. The molecule has 2 aliphatic rings. The SMILES string of the molecule is CC(C)(C)c1nc(N2CCN(CCCCNC(=O)N3CCCN(c4ccccc4)CC3)CC2)cc(C(F)(F)F)n1. The number of halogens is 3. The molecule has 4 rings (SSSR count). The van der Waals surface area contributed by atoms with Crippen LogP contribution in [0.25, 0.3) is 0 Å². The molecule has 1 aromatic carbocycles. The van der Waals surface area contributed by atoms with E-state index in [1.165, 1.54) is 5.69 Å². The highest BCUT2D eigenvalue weighted by Gasteiger charge is 2.36. The lowest BCUT2D eigenvalue weighted by Gasteiger charge is -2.36. The Morgan fingerprint density at radius 1 is 0.875 bits per heavy atom. The number of benzene rings is 1. The molecular weight excluding hydrogens is 519 g/mol. The van der Waals surface area contributed by atoms with E-state index in [0.717, 1.165) is 64.6 Å². The Balaban J connectivity index is 1.16. The second kappa shape index (κ2) is 13.1. The minimum Gasteiger partial charge on any atom is -0.370 e. The largest absolute Gasteiger partial charge is 0.433 e. The third kappa shape index (κ3) is 8.22. The summed E-state index contributed by atoms with van der Waals surface area (Å²) in [6, 6.07) is 11.4. The van der Waals surface area contributed by atoms with Crippen molar-refractivity contribution in [3.8, 4) is 0 Å². The second-order valence-electron chi connectivity index (χ2n) is 11.6. The Morgan fingerprint density at radius 2 is 1.57 bits per heavy atom. The van der Waals surface area contributed by atoms with Crippen LogP contribution in [0.3, 0.4) is 0 Å². The van der Waals surface area contributed by atoms with Gasteiger partial charge in [0.05, 0.1) is 0 Å². The van der Waals surface area contributed by atoms with Crippen molar-refractivity contribution in [1.29, 1.82) is 0 Å². The van der Waals surface area contributed by atoms with Gasteiger partial charge in [0.1, 0.15) is 17.3 Å². The van der Waals surface area contributed by atoms with Gasteiger partial charge in [-0.3, -0.25) is 4.90 Å². The van der Waals surface area contributed by atoms with E-state index in [-0.39, 0.29) is 11.9 Å². The molecule has 2 aromatic rings. The van der Waals surface area contributed by atoms with Crippen molar-refractivity contribution in [1.82, 2.24) is 25.1 Å². The first-order chi connectivity index (χ1) is 19.0. The Hall–Kier alpha value is -3.08. The van der Waals surface area contributed by atoms with E-state index >= 15 is 0 Å². The highest BCUT2D eigenvalue weighted by Crippen LogP contribution is 2.32. The van der Waals surface area contributed by atoms with Crippen LogP contribution in [0, 0.1) is 0 Å². The van der Waals surface area contributed by atoms with Crippen molar-refractivity contribution in [2.75, 3.05) is 75.2 Å². The molecule has 0 bridgehead atoms. The monoisotopic (exact) mass is 561 g/mol. The Bertz CT molecular complexity index is 1070. The number of aromatic nitrogens is 2. The number of anilines is 2. The van der Waals surface area contributed by atoms with Gasteiger partial charge in [-0.15, -0.1) is 0 Å². The lowest BCUT2D eigenvalue weighted by atomic mass is 9.95. The highest BCUT2D eigenvalue weighted by molar-refractivity contribution is 5.74. The number of carbonyl (C=O) groups is 1. The Morgan fingerprint density at radius 3 is 2.25 bits per heavy atom. The number of piperazine rings is 1. The zero-order chi connectivity index (χ0) is 28.8. The van der Waals surface area contributed by atoms with E-state index < -0.39 is 17.3 Å². The molecule has 1 aromatic heterocycles. The summed E-state index contributed by atoms with van der Waals surface area (Å²) < 4.78 is 40.4. The number of hydrogen-bond donors (Lipinski definition) is 1. The first-order valence-corrected chi connectivity index (χ1v) is 14.3. The summed E-state index contributed by atoms with van der Waals surface area (Å²) >= 11 is 0. The number of carbonyl (C=O) groups excluding carboxylic acids is 1. The Kier molecular flexibility index (Phi) is 9.76. The average Bonchev–Trinajstić information content (AvgIpc) is 3.19. The smallest absolute Gasteiger partial charge is 0.370 e. The summed E-state index contributed by atoms with van der Waals surface area (Å²) in [4.78, 5) is 29.5. The maximum atomic E-state index is 13.5. The van der Waals surface area contributed by atoms with Crippen LogP contribution in [0.1, 0.15) is 51.6 Å². The van der Waals surface area contributed by atoms with Gasteiger partial charge in [-0.2, -0.15) is 13.2 Å². The standard InChI is InChI=1S/C29H42F3N7O/c1-28(2,3)26-34-24(29(30,31)32)22-25(35-26)38-18-16-36(17-19-38)13-8-7-12-33-27(40)39-15-9-14-37(20-21-39)23-10-5-4-6-11-23/h4-6,10-11,22H,7-9,12-21H2,1-3H3,(H,33,40). The van der Waals surface area contributed by atoms with Crippen LogP contribution in [-0.4, -0.2) is 91.2 Å². The topological polar surface area (TPSA) is 67.8 Å². The summed E-state index contributed by atoms with van der Waals surface area (Å²) in [5, 5.41) is 3.07. The van der Waals surface area contributed by atoms with Crippen LogP contribution in [0.4, 0.5) is 29.5 Å². The van der Waals surface area contributed by atoms with Crippen molar-refractivity contribution in [2.24, 2.45) is 0 Å². The number of para-hydroxylation sites is 1. The maximum Gasteiger partial charge on any atom is 0.433 e. The number of alkyl halides is 3. The molecular formula is C29H42F3N7O. The van der Waals surface area contributed by atoms with Crippen LogP contribution in [-0.2, 0) is 11.6 Å². The fourth-order valence-corrected chi connectivity index (χ4v) is 5.06. The molecule has 11 heteroatoms. The predicted octanol–water partition coefficient (Wildman–Crippen LogP) is 4.62. The number of nitrogens with zero attached hydrogens (tertiary/aromatic N) is 6. The van der Waals surface area contributed by atoms with Crippen molar-refractivity contribution < 1.29 is 18.0 Å². The lowest BCUT2D eigenvalue weighted by molar-refractivity contribution is -0.141. The van der Waals surface area contributed by atoms with E-state index in [1.807, 2.05) is 48.8 Å². The van der Waals surface area contributed by atoms with Crippen molar-refractivity contribution in [2.45, 2.75) is 51.6 Å². The van der Waals surface area contributed by atoms with Crippen LogP contribution in [0.15, 0.2) is 36.4 Å². The molecule has 220 valence electrons. The molecule has 8 nitrogen and oxygen atoms in total. The number of amides is 2. The quantitative estimate of drug-likeness (QED) is 0.498. The van der Waals surface area contributed by atoms with E-state index in [2.05, 4.69) is 37.2 Å². The van der Waals surface area contributed by atoms with E-state index in [1.54, 1.807) is 0 Å². The van der Waals surface area contributed by atoms with E-state index in [0.29, 0.717) is 32.0 Å². The van der Waals surface area contributed by atoms with Gasteiger partial charge in [-0.25, -0.2) is 14.8 Å². The minimum atomic E-state index is -4.51. The second-order valence-corrected chi connectivity index (χ2v) is 11.6. The summed E-state index contributed by atoms with van der Waals surface area (Å²) in [5.74, 6) is 0.547. The van der Waals surface area contributed by atoms with Crippen molar-refractivity contribution in [3.63, 3.8) is 0 Å². The third-order valence-electron chi connectivity index (χ3n) is 7.45. The van der Waals surface area contributed by atoms with E-state index in [4.69, 9.17) is 0 Å². The first kappa shape index (κ1) is 29.9. The lowest BCUT2D eigenvalue weighted by Crippen LogP contribution is -2.47. The van der Waals surface area contributed by atoms with Crippen molar-refractivity contribution >= 4 is 17.5 Å². The highest BCUT2D eigenvalue weighted by atomic mass is 19.4. The minimum absolute atomic E-state index is 0.00114. The normalized spacial score (nSPS) is 17.6. The van der Waals surface area contributed by atoms with Crippen LogP contribution in [0.2, 0.25) is 0 Å². The summed E-state index contributed by atoms with van der Waals surface area (Å²) in [7, 11) is 0. The maximum absolute atomic E-state index is 13.5. The molecule has 40 heavy (non-hydrogen) atoms. The fourth-order valence-electron chi connectivity index (χ4n) is 5.06. The molecule has 1 N–H and O–H groups in total. The van der Waals surface area contributed by atoms with Gasteiger partial charge in [-0.05, 0) is 37.9 Å². The molecule has 0 radical (unpaired) electrons. The zero-order valence-corrected chi connectivity index (χ0v) is 23.9. The van der Waals surface area contributed by atoms with Crippen LogP contribution >= 0.6 is 0 Å². The summed E-state index contributed by atoms with van der Waals surface area (Å²) in [6.45, 7) is 13.0. The molecule has 0 atom stereocenters. The number of urea groups is 1.